The van der Waals surface area contributed by atoms with Crippen molar-refractivity contribution in [2.24, 2.45) is 4.99 Å². The normalized spacial score (nSPS) is 11.4. The maximum atomic E-state index is 11.1. The highest BCUT2D eigenvalue weighted by Crippen LogP contribution is 2.16. The molecule has 1 aromatic carbocycles. The Morgan fingerprint density at radius 2 is 1.96 bits per heavy atom. The molecule has 0 aliphatic rings. The summed E-state index contributed by atoms with van der Waals surface area (Å²) in [7, 11) is 3.19. The molecule has 7 nitrogen and oxygen atoms in total. The van der Waals surface area contributed by atoms with Gasteiger partial charge in [-0.15, -0.1) is 0 Å². The summed E-state index contributed by atoms with van der Waals surface area (Å²) in [5.74, 6) is 0.614. The van der Waals surface area contributed by atoms with Gasteiger partial charge in [0, 0.05) is 32.3 Å². The van der Waals surface area contributed by atoms with Crippen molar-refractivity contribution in [2.45, 2.75) is 46.1 Å². The van der Waals surface area contributed by atoms with Gasteiger partial charge in [0.25, 0.3) is 0 Å². The quantitative estimate of drug-likeness (QED) is 0.300. The molecular weight excluding hydrogens is 354 g/mol. The molecule has 1 aromatic heterocycles. The molecule has 0 bridgehead atoms. The van der Waals surface area contributed by atoms with E-state index in [1.54, 1.807) is 7.05 Å². The number of aryl methyl sites for hydroxylation is 2. The number of carbonyl (C=O) groups is 1. The van der Waals surface area contributed by atoms with Crippen molar-refractivity contribution in [1.29, 1.82) is 0 Å². The molecule has 2 N–H and O–H groups in total. The van der Waals surface area contributed by atoms with Crippen molar-refractivity contribution < 1.29 is 9.53 Å². The summed E-state index contributed by atoms with van der Waals surface area (Å²) in [4.78, 5) is 15.4. The molecule has 0 unspecified atom stereocenters. The number of benzene rings is 1. The molecule has 0 spiro atoms. The lowest BCUT2D eigenvalue weighted by Crippen LogP contribution is -2.37. The fraction of sp³-hybridized carbons (Fsp3) is 0.476. The van der Waals surface area contributed by atoms with Gasteiger partial charge in [0.1, 0.15) is 0 Å². The summed E-state index contributed by atoms with van der Waals surface area (Å²) in [5, 5.41) is 11.3. The molecule has 2 aromatic rings. The van der Waals surface area contributed by atoms with E-state index in [9.17, 15) is 4.79 Å². The number of para-hydroxylation sites is 1. The van der Waals surface area contributed by atoms with Gasteiger partial charge in [0.2, 0.25) is 0 Å². The number of unbranched alkanes of at least 4 members (excludes halogenated alkanes) is 2. The Bertz CT molecular complexity index is 798. The minimum absolute atomic E-state index is 0.147. The lowest BCUT2D eigenvalue weighted by atomic mass is 10.1. The molecule has 0 saturated carbocycles. The van der Waals surface area contributed by atoms with Crippen molar-refractivity contribution in [3.63, 3.8) is 0 Å². The third-order valence-electron chi connectivity index (χ3n) is 4.48. The number of hydrogen-bond acceptors (Lipinski definition) is 4. The molecule has 0 atom stereocenters. The van der Waals surface area contributed by atoms with Gasteiger partial charge in [-0.3, -0.25) is 9.79 Å². The van der Waals surface area contributed by atoms with E-state index >= 15 is 0 Å². The number of ether oxygens (including phenoxy) is 1. The average molecular weight is 386 g/mol. The average Bonchev–Trinajstić information content (AvgIpc) is 3.04. The van der Waals surface area contributed by atoms with Crippen molar-refractivity contribution in [3.8, 4) is 5.69 Å². The minimum atomic E-state index is -0.147. The molecule has 28 heavy (non-hydrogen) atoms. The van der Waals surface area contributed by atoms with Crippen LogP contribution in [0, 0.1) is 13.8 Å². The van der Waals surface area contributed by atoms with Crippen LogP contribution in [-0.4, -0.2) is 42.4 Å². The zero-order valence-corrected chi connectivity index (χ0v) is 17.3. The Hall–Kier alpha value is -2.83. The van der Waals surface area contributed by atoms with Crippen LogP contribution in [0.25, 0.3) is 5.69 Å². The van der Waals surface area contributed by atoms with Crippen LogP contribution in [-0.2, 0) is 16.1 Å². The van der Waals surface area contributed by atoms with Crippen LogP contribution in [0.2, 0.25) is 0 Å². The van der Waals surface area contributed by atoms with E-state index < -0.39 is 0 Å². The fourth-order valence-electron chi connectivity index (χ4n) is 3.02. The Morgan fingerprint density at radius 3 is 2.64 bits per heavy atom. The number of rotatable bonds is 9. The van der Waals surface area contributed by atoms with Crippen molar-refractivity contribution in [1.82, 2.24) is 20.4 Å². The van der Waals surface area contributed by atoms with Gasteiger partial charge in [-0.1, -0.05) is 24.6 Å². The summed E-state index contributed by atoms with van der Waals surface area (Å²) < 4.78 is 6.62. The summed E-state index contributed by atoms with van der Waals surface area (Å²) in [6.07, 6.45) is 3.27. The van der Waals surface area contributed by atoms with Gasteiger partial charge in [-0.2, -0.15) is 5.10 Å². The maximum Gasteiger partial charge on any atom is 0.305 e. The van der Waals surface area contributed by atoms with E-state index in [2.05, 4.69) is 50.6 Å². The van der Waals surface area contributed by atoms with Crippen LogP contribution in [0.5, 0.6) is 0 Å². The first kappa shape index (κ1) is 21.5. The minimum Gasteiger partial charge on any atom is -0.469 e. The van der Waals surface area contributed by atoms with Gasteiger partial charge >= 0.3 is 5.97 Å². The Labute approximate surface area is 167 Å². The van der Waals surface area contributed by atoms with Gasteiger partial charge < -0.3 is 15.4 Å². The predicted molar refractivity (Wildman–Crippen MR) is 112 cm³/mol. The highest BCUT2D eigenvalue weighted by molar-refractivity contribution is 5.79. The number of esters is 1. The molecule has 0 aliphatic heterocycles. The highest BCUT2D eigenvalue weighted by Gasteiger charge is 2.09. The van der Waals surface area contributed by atoms with E-state index in [1.807, 2.05) is 23.7 Å². The largest absolute Gasteiger partial charge is 0.469 e. The van der Waals surface area contributed by atoms with Gasteiger partial charge in [0.05, 0.1) is 18.5 Å². The first-order valence-electron chi connectivity index (χ1n) is 9.68. The van der Waals surface area contributed by atoms with Crippen molar-refractivity contribution in [2.75, 3.05) is 20.7 Å². The van der Waals surface area contributed by atoms with Crippen LogP contribution in [0.3, 0.4) is 0 Å². The monoisotopic (exact) mass is 385 g/mol. The second kappa shape index (κ2) is 11.1. The molecule has 0 fully saturated rings. The Balaban J connectivity index is 1.84. The van der Waals surface area contributed by atoms with Crippen LogP contribution in [0.15, 0.2) is 35.3 Å². The SMILES string of the molecule is CN=C(NCCCCCC(=O)OC)NCc1ccccc1-n1nc(C)cc1C. The van der Waals surface area contributed by atoms with Crippen LogP contribution < -0.4 is 10.6 Å². The van der Waals surface area contributed by atoms with Crippen molar-refractivity contribution >= 4 is 11.9 Å². The Morgan fingerprint density at radius 1 is 1.18 bits per heavy atom. The molecule has 7 heteroatoms. The number of guanidine groups is 1. The first-order valence-corrected chi connectivity index (χ1v) is 9.68. The zero-order valence-electron chi connectivity index (χ0n) is 17.3. The van der Waals surface area contributed by atoms with Crippen LogP contribution in [0.1, 0.15) is 42.6 Å². The van der Waals surface area contributed by atoms with Gasteiger partial charge in [-0.05, 0) is 44.4 Å². The third kappa shape index (κ3) is 6.40. The molecule has 2 rings (SSSR count). The number of carbonyl (C=O) groups excluding carboxylic acids is 1. The molecular formula is C21H31N5O2. The Kier molecular flexibility index (Phi) is 8.52. The van der Waals surface area contributed by atoms with E-state index in [-0.39, 0.29) is 5.97 Å². The first-order chi connectivity index (χ1) is 13.5. The highest BCUT2D eigenvalue weighted by atomic mass is 16.5. The van der Waals surface area contributed by atoms with E-state index in [0.29, 0.717) is 13.0 Å². The predicted octanol–water partition coefficient (Wildman–Crippen LogP) is 2.89. The third-order valence-corrected chi connectivity index (χ3v) is 4.48. The topological polar surface area (TPSA) is 80.5 Å². The van der Waals surface area contributed by atoms with E-state index in [4.69, 9.17) is 0 Å². The molecule has 1 heterocycles. The smallest absolute Gasteiger partial charge is 0.305 e. The second-order valence-corrected chi connectivity index (χ2v) is 6.71. The lowest BCUT2D eigenvalue weighted by Gasteiger charge is -2.15. The lowest BCUT2D eigenvalue weighted by molar-refractivity contribution is -0.140. The van der Waals surface area contributed by atoms with Crippen LogP contribution >= 0.6 is 0 Å². The zero-order chi connectivity index (χ0) is 20.4. The number of aromatic nitrogens is 2. The van der Waals surface area contributed by atoms with E-state index in [1.165, 1.54) is 7.11 Å². The number of methoxy groups -OCH3 is 1. The number of hydrogen-bond donors (Lipinski definition) is 2. The molecule has 0 aliphatic carbocycles. The fourth-order valence-corrected chi connectivity index (χ4v) is 3.02. The number of nitrogens with zero attached hydrogens (tertiary/aromatic N) is 3. The van der Waals surface area contributed by atoms with E-state index in [0.717, 1.165) is 54.4 Å². The van der Waals surface area contributed by atoms with Gasteiger partial charge in [-0.25, -0.2) is 4.68 Å². The summed E-state index contributed by atoms with van der Waals surface area (Å²) >= 11 is 0. The van der Waals surface area contributed by atoms with Gasteiger partial charge in [0.15, 0.2) is 5.96 Å². The maximum absolute atomic E-state index is 11.1. The second-order valence-electron chi connectivity index (χ2n) is 6.71. The standard InChI is InChI=1S/C21H31N5O2/c1-16-14-17(2)26(25-16)19-11-8-7-10-18(19)15-24-21(22-3)23-13-9-5-6-12-20(27)28-4/h7-8,10-11,14H,5-6,9,12-13,15H2,1-4H3,(H2,22,23,24). The van der Waals surface area contributed by atoms with Crippen molar-refractivity contribution in [3.05, 3.63) is 47.3 Å². The summed E-state index contributed by atoms with van der Waals surface area (Å²) in [5.41, 5.74) is 4.33. The van der Waals surface area contributed by atoms with Crippen LogP contribution in [0.4, 0.5) is 0 Å². The number of aliphatic imine (C=N–C) groups is 1. The molecule has 152 valence electrons. The summed E-state index contributed by atoms with van der Waals surface area (Å²) in [6.45, 7) is 5.52. The molecule has 0 radical (unpaired) electrons. The summed E-state index contributed by atoms with van der Waals surface area (Å²) in [6, 6.07) is 10.3. The molecule has 0 amide bonds. The molecule has 0 saturated heterocycles. The number of nitrogens with one attached hydrogen (secondary N) is 2.